The molecule has 0 unspecified atom stereocenters. The molecule has 1 atom stereocenters. The van der Waals surface area contributed by atoms with E-state index < -0.39 is 0 Å². The summed E-state index contributed by atoms with van der Waals surface area (Å²) in [7, 11) is 0. The number of thioether (sulfide) groups is 1. The van der Waals surface area contributed by atoms with Crippen LogP contribution in [-0.2, 0) is 6.54 Å². The molecule has 110 valence electrons. The van der Waals surface area contributed by atoms with Gasteiger partial charge in [0, 0.05) is 23.4 Å². The van der Waals surface area contributed by atoms with Crippen molar-refractivity contribution in [2.24, 2.45) is 0 Å². The molecule has 0 bridgehead atoms. The van der Waals surface area contributed by atoms with E-state index in [-0.39, 0.29) is 5.38 Å². The average Bonchev–Trinajstić information content (AvgIpc) is 2.95. The molecule has 2 nitrogen and oxygen atoms in total. The lowest BCUT2D eigenvalue weighted by molar-refractivity contribution is 0.618. The van der Waals surface area contributed by atoms with Crippen molar-refractivity contribution in [1.82, 2.24) is 9.55 Å². The van der Waals surface area contributed by atoms with Crippen LogP contribution in [0.25, 0.3) is 22.5 Å². The summed E-state index contributed by atoms with van der Waals surface area (Å²) in [5.74, 6) is 0.918. The first kappa shape index (κ1) is 13.9. The molecule has 4 heteroatoms. The Labute approximate surface area is 139 Å². The second kappa shape index (κ2) is 5.82. The zero-order valence-electron chi connectivity index (χ0n) is 11.9. The van der Waals surface area contributed by atoms with E-state index in [0.717, 1.165) is 28.7 Å². The fraction of sp³-hybridized carbons (Fsp3) is 0.167. The molecule has 0 radical (unpaired) electrons. The molecule has 1 aromatic heterocycles. The van der Waals surface area contributed by atoms with Gasteiger partial charge in [-0.3, -0.25) is 0 Å². The molecule has 1 aliphatic heterocycles. The van der Waals surface area contributed by atoms with Crippen molar-refractivity contribution in [3.05, 3.63) is 60.7 Å². The number of aromatic nitrogens is 2. The van der Waals surface area contributed by atoms with Gasteiger partial charge in [0.1, 0.15) is 0 Å². The average molecular weight is 327 g/mol. The Morgan fingerprint density at radius 2 is 1.59 bits per heavy atom. The van der Waals surface area contributed by atoms with Crippen molar-refractivity contribution in [3.8, 4) is 22.5 Å². The van der Waals surface area contributed by atoms with Crippen molar-refractivity contribution in [1.29, 1.82) is 0 Å². The molecule has 1 aliphatic rings. The first-order chi connectivity index (χ1) is 10.8. The Morgan fingerprint density at radius 1 is 0.955 bits per heavy atom. The minimum atomic E-state index is 0.151. The van der Waals surface area contributed by atoms with Gasteiger partial charge in [-0.05, 0) is 0 Å². The number of fused-ring (bicyclic) bond motifs is 1. The zero-order valence-corrected chi connectivity index (χ0v) is 13.5. The molecular formula is C18H15ClN2S. The quantitative estimate of drug-likeness (QED) is 0.621. The van der Waals surface area contributed by atoms with Gasteiger partial charge in [-0.25, -0.2) is 4.98 Å². The van der Waals surface area contributed by atoms with Crippen LogP contribution in [0.1, 0.15) is 0 Å². The van der Waals surface area contributed by atoms with Crippen LogP contribution < -0.4 is 0 Å². The summed E-state index contributed by atoms with van der Waals surface area (Å²) in [4.78, 5) is 4.90. The van der Waals surface area contributed by atoms with Gasteiger partial charge in [-0.2, -0.15) is 0 Å². The van der Waals surface area contributed by atoms with E-state index in [4.69, 9.17) is 16.6 Å². The van der Waals surface area contributed by atoms with E-state index in [9.17, 15) is 0 Å². The maximum absolute atomic E-state index is 6.39. The van der Waals surface area contributed by atoms with E-state index in [0.29, 0.717) is 0 Å². The van der Waals surface area contributed by atoms with Crippen molar-refractivity contribution in [2.75, 3.05) is 5.75 Å². The minimum absolute atomic E-state index is 0.151. The van der Waals surface area contributed by atoms with Gasteiger partial charge in [0.2, 0.25) is 0 Å². The molecule has 0 fully saturated rings. The molecule has 0 amide bonds. The lowest BCUT2D eigenvalue weighted by atomic mass is 10.0. The lowest BCUT2D eigenvalue weighted by Crippen LogP contribution is -2.19. The summed E-state index contributed by atoms with van der Waals surface area (Å²) >= 11 is 8.13. The second-order valence-electron chi connectivity index (χ2n) is 5.34. The van der Waals surface area contributed by atoms with Crippen LogP contribution in [0.15, 0.2) is 65.8 Å². The minimum Gasteiger partial charge on any atom is -0.317 e. The molecule has 0 N–H and O–H groups in total. The molecule has 0 saturated carbocycles. The number of hydrogen-bond donors (Lipinski definition) is 0. The van der Waals surface area contributed by atoms with Crippen molar-refractivity contribution in [2.45, 2.75) is 17.1 Å². The van der Waals surface area contributed by atoms with E-state index in [1.54, 1.807) is 11.8 Å². The number of nitrogens with zero attached hydrogens (tertiary/aromatic N) is 2. The Balaban J connectivity index is 1.95. The number of alkyl halides is 1. The van der Waals surface area contributed by atoms with Crippen LogP contribution in [0.3, 0.4) is 0 Å². The van der Waals surface area contributed by atoms with Crippen LogP contribution in [0, 0.1) is 0 Å². The molecule has 0 spiro atoms. The summed E-state index contributed by atoms with van der Waals surface area (Å²) in [6, 6.07) is 20.8. The van der Waals surface area contributed by atoms with Crippen LogP contribution in [-0.4, -0.2) is 20.7 Å². The molecular weight excluding hydrogens is 312 g/mol. The van der Waals surface area contributed by atoms with Crippen LogP contribution in [0.5, 0.6) is 0 Å². The summed E-state index contributed by atoms with van der Waals surface area (Å²) in [5.41, 5.74) is 4.54. The SMILES string of the molecule is Cl[C@@H]1CSc2nc(-c3ccccc3)c(-c3ccccc3)n2C1. The number of benzene rings is 2. The Kier molecular flexibility index (Phi) is 3.68. The largest absolute Gasteiger partial charge is 0.317 e. The molecule has 22 heavy (non-hydrogen) atoms. The monoisotopic (exact) mass is 326 g/mol. The van der Waals surface area contributed by atoms with E-state index in [1.165, 1.54) is 11.3 Å². The van der Waals surface area contributed by atoms with Crippen molar-refractivity contribution >= 4 is 23.4 Å². The number of imidazole rings is 1. The molecule has 0 saturated heterocycles. The van der Waals surface area contributed by atoms with Gasteiger partial charge in [-0.15, -0.1) is 11.6 Å². The van der Waals surface area contributed by atoms with E-state index in [1.807, 2.05) is 12.1 Å². The maximum atomic E-state index is 6.39. The standard InChI is InChI=1S/C18H15ClN2S/c19-15-11-21-17(14-9-5-2-6-10-14)16(20-18(21)22-12-15)13-7-3-1-4-8-13/h1-10,15H,11-12H2/t15-/m0/s1. The third-order valence-electron chi connectivity index (χ3n) is 3.80. The normalized spacial score (nSPS) is 17.2. The van der Waals surface area contributed by atoms with Gasteiger partial charge in [0.15, 0.2) is 5.16 Å². The van der Waals surface area contributed by atoms with Gasteiger partial charge in [0.05, 0.1) is 16.8 Å². The first-order valence-electron chi connectivity index (χ1n) is 7.31. The summed E-state index contributed by atoms with van der Waals surface area (Å²) in [6.45, 7) is 0.813. The molecule has 0 aliphatic carbocycles. The van der Waals surface area contributed by atoms with Crippen LogP contribution in [0.4, 0.5) is 0 Å². The predicted octanol–water partition coefficient (Wildman–Crippen LogP) is 4.93. The van der Waals surface area contributed by atoms with E-state index in [2.05, 4.69) is 53.1 Å². The highest BCUT2D eigenvalue weighted by atomic mass is 35.5. The van der Waals surface area contributed by atoms with Gasteiger partial charge in [-0.1, -0.05) is 72.4 Å². The topological polar surface area (TPSA) is 17.8 Å². The predicted molar refractivity (Wildman–Crippen MR) is 93.5 cm³/mol. The van der Waals surface area contributed by atoms with Crippen LogP contribution in [0.2, 0.25) is 0 Å². The fourth-order valence-corrected chi connectivity index (χ4v) is 4.05. The summed E-state index contributed by atoms with van der Waals surface area (Å²) < 4.78 is 2.27. The molecule has 2 heterocycles. The maximum Gasteiger partial charge on any atom is 0.169 e. The van der Waals surface area contributed by atoms with E-state index >= 15 is 0 Å². The van der Waals surface area contributed by atoms with Crippen LogP contribution >= 0.6 is 23.4 Å². The highest BCUT2D eigenvalue weighted by Gasteiger charge is 2.25. The van der Waals surface area contributed by atoms with Crippen molar-refractivity contribution < 1.29 is 0 Å². The van der Waals surface area contributed by atoms with Gasteiger partial charge in [0.25, 0.3) is 0 Å². The lowest BCUT2D eigenvalue weighted by Gasteiger charge is -2.20. The molecule has 3 aromatic rings. The van der Waals surface area contributed by atoms with Crippen molar-refractivity contribution in [3.63, 3.8) is 0 Å². The Hall–Kier alpha value is -1.71. The Morgan fingerprint density at radius 3 is 2.27 bits per heavy atom. The molecule has 2 aromatic carbocycles. The zero-order chi connectivity index (χ0) is 14.9. The molecule has 4 rings (SSSR count). The first-order valence-corrected chi connectivity index (χ1v) is 8.73. The van der Waals surface area contributed by atoms with Gasteiger partial charge < -0.3 is 4.57 Å². The highest BCUT2D eigenvalue weighted by Crippen LogP contribution is 2.38. The number of halogens is 1. The third-order valence-corrected chi connectivity index (χ3v) is 5.42. The summed E-state index contributed by atoms with van der Waals surface area (Å²) in [5, 5.41) is 1.22. The number of rotatable bonds is 2. The summed E-state index contributed by atoms with van der Waals surface area (Å²) in [6.07, 6.45) is 0. The third kappa shape index (κ3) is 2.44. The fourth-order valence-electron chi connectivity index (χ4n) is 2.81. The van der Waals surface area contributed by atoms with Gasteiger partial charge >= 0.3 is 0 Å². The number of hydrogen-bond acceptors (Lipinski definition) is 2. The smallest absolute Gasteiger partial charge is 0.169 e. The Bertz CT molecular complexity index is 784. The second-order valence-corrected chi connectivity index (χ2v) is 6.95. The highest BCUT2D eigenvalue weighted by molar-refractivity contribution is 7.99.